The monoisotopic (exact) mass is 429 g/mol. The predicted octanol–water partition coefficient (Wildman–Crippen LogP) is 3.34. The van der Waals surface area contributed by atoms with Gasteiger partial charge in [-0.15, -0.1) is 0 Å². The number of aliphatic imine (C=N–C) groups is 1. The maximum Gasteiger partial charge on any atom is 0.191 e. The van der Waals surface area contributed by atoms with Gasteiger partial charge in [-0.3, -0.25) is 4.99 Å². The van der Waals surface area contributed by atoms with Crippen LogP contribution in [0, 0.1) is 6.92 Å². The van der Waals surface area contributed by atoms with Crippen LogP contribution in [0.4, 0.5) is 0 Å². The number of benzene rings is 2. The molecule has 2 aromatic rings. The van der Waals surface area contributed by atoms with Crippen molar-refractivity contribution in [3.05, 3.63) is 53.1 Å². The summed E-state index contributed by atoms with van der Waals surface area (Å²) in [5.74, 6) is 3.07. The fraction of sp³-hybridized carbons (Fsp3) is 0.458. The number of guanidine groups is 1. The van der Waals surface area contributed by atoms with Crippen molar-refractivity contribution < 1.29 is 18.9 Å². The van der Waals surface area contributed by atoms with Crippen LogP contribution in [0.3, 0.4) is 0 Å². The number of ether oxygens (including phenoxy) is 4. The summed E-state index contributed by atoms with van der Waals surface area (Å²) in [7, 11) is 5.05. The smallest absolute Gasteiger partial charge is 0.191 e. The molecular weight excluding hydrogens is 394 g/mol. The van der Waals surface area contributed by atoms with Crippen LogP contribution in [0.2, 0.25) is 0 Å². The van der Waals surface area contributed by atoms with Crippen molar-refractivity contribution in [2.45, 2.75) is 26.8 Å². The Balaban J connectivity index is 1.87. The molecule has 2 rings (SSSR count). The fourth-order valence-electron chi connectivity index (χ4n) is 3.06. The highest BCUT2D eigenvalue weighted by molar-refractivity contribution is 5.79. The molecule has 31 heavy (non-hydrogen) atoms. The molecule has 0 bridgehead atoms. The van der Waals surface area contributed by atoms with Crippen LogP contribution in [0.5, 0.6) is 17.2 Å². The third kappa shape index (κ3) is 8.02. The van der Waals surface area contributed by atoms with Crippen molar-refractivity contribution >= 4 is 5.96 Å². The molecule has 2 N–H and O–H groups in total. The number of hydrogen-bond acceptors (Lipinski definition) is 5. The summed E-state index contributed by atoms with van der Waals surface area (Å²) in [5.41, 5.74) is 3.39. The van der Waals surface area contributed by atoms with E-state index in [1.165, 1.54) is 0 Å². The van der Waals surface area contributed by atoms with E-state index in [9.17, 15) is 0 Å². The summed E-state index contributed by atoms with van der Waals surface area (Å²) in [6.45, 7) is 7.18. The average molecular weight is 430 g/mol. The van der Waals surface area contributed by atoms with Crippen molar-refractivity contribution in [3.63, 3.8) is 0 Å². The van der Waals surface area contributed by atoms with Crippen LogP contribution in [-0.4, -0.2) is 53.6 Å². The lowest BCUT2D eigenvalue weighted by molar-refractivity contribution is 0.110. The highest BCUT2D eigenvalue weighted by atomic mass is 16.5. The first-order valence-corrected chi connectivity index (χ1v) is 10.6. The summed E-state index contributed by atoms with van der Waals surface area (Å²) < 4.78 is 21.9. The second-order valence-corrected chi connectivity index (χ2v) is 6.95. The second kappa shape index (κ2) is 13.4. The number of methoxy groups -OCH3 is 2. The maximum atomic E-state index is 5.92. The summed E-state index contributed by atoms with van der Waals surface area (Å²) >= 11 is 0. The van der Waals surface area contributed by atoms with Gasteiger partial charge in [0.05, 0.1) is 20.8 Å². The zero-order chi connectivity index (χ0) is 22.5. The zero-order valence-electron chi connectivity index (χ0n) is 19.3. The lowest BCUT2D eigenvalue weighted by atomic mass is 10.1. The summed E-state index contributed by atoms with van der Waals surface area (Å²) in [4.78, 5) is 4.32. The Labute approximate surface area is 185 Å². The Hall–Kier alpha value is -2.93. The summed E-state index contributed by atoms with van der Waals surface area (Å²) in [6.07, 6.45) is 0.831. The molecule has 0 radical (unpaired) electrons. The van der Waals surface area contributed by atoms with Gasteiger partial charge >= 0.3 is 0 Å². The van der Waals surface area contributed by atoms with Gasteiger partial charge in [-0.2, -0.15) is 0 Å². The molecule has 0 heterocycles. The molecule has 170 valence electrons. The van der Waals surface area contributed by atoms with Crippen LogP contribution >= 0.6 is 0 Å². The van der Waals surface area contributed by atoms with Crippen molar-refractivity contribution in [3.8, 4) is 17.2 Å². The maximum absolute atomic E-state index is 5.92. The molecular formula is C24H35N3O4. The summed E-state index contributed by atoms with van der Waals surface area (Å²) in [6, 6.07) is 12.2. The number of hydrogen-bond donors (Lipinski definition) is 2. The lowest BCUT2D eigenvalue weighted by Crippen LogP contribution is -2.38. The van der Waals surface area contributed by atoms with Crippen LogP contribution in [0.1, 0.15) is 23.6 Å². The molecule has 0 fully saturated rings. The molecule has 0 aliphatic heterocycles. The number of rotatable bonds is 12. The average Bonchev–Trinajstić information content (AvgIpc) is 2.79. The second-order valence-electron chi connectivity index (χ2n) is 6.95. The standard InChI is InChI=1S/C24H35N3O4/c1-6-30-13-14-31-22-15-18(2)7-9-20(22)17-27-24(25-3)26-12-11-19-8-10-21(28-4)23(16-19)29-5/h7-10,15-16H,6,11-14,17H2,1-5H3,(H2,25,26,27). The van der Waals surface area contributed by atoms with Gasteiger partial charge < -0.3 is 29.6 Å². The first-order chi connectivity index (χ1) is 15.1. The van der Waals surface area contributed by atoms with Crippen LogP contribution in [-0.2, 0) is 17.7 Å². The molecule has 2 aromatic carbocycles. The normalized spacial score (nSPS) is 11.2. The third-order valence-corrected chi connectivity index (χ3v) is 4.74. The molecule has 7 heteroatoms. The first-order valence-electron chi connectivity index (χ1n) is 10.6. The Morgan fingerprint density at radius 1 is 0.935 bits per heavy atom. The van der Waals surface area contributed by atoms with Crippen molar-refractivity contribution in [2.24, 2.45) is 4.99 Å². The largest absolute Gasteiger partial charge is 0.493 e. The minimum atomic E-state index is 0.530. The van der Waals surface area contributed by atoms with Gasteiger partial charge in [0.2, 0.25) is 0 Å². The van der Waals surface area contributed by atoms with Gasteiger partial charge in [-0.05, 0) is 49.6 Å². The molecule has 0 saturated heterocycles. The first kappa shape index (κ1) is 24.3. The molecule has 0 aromatic heterocycles. The summed E-state index contributed by atoms with van der Waals surface area (Å²) in [5, 5.41) is 6.71. The van der Waals surface area contributed by atoms with Gasteiger partial charge in [0, 0.05) is 32.3 Å². The highest BCUT2D eigenvalue weighted by Crippen LogP contribution is 2.27. The van der Waals surface area contributed by atoms with E-state index in [0.717, 1.165) is 52.9 Å². The van der Waals surface area contributed by atoms with E-state index in [4.69, 9.17) is 18.9 Å². The van der Waals surface area contributed by atoms with Gasteiger partial charge in [-0.25, -0.2) is 0 Å². The van der Waals surface area contributed by atoms with Gasteiger partial charge in [0.15, 0.2) is 17.5 Å². The van der Waals surface area contributed by atoms with Gasteiger partial charge in [0.1, 0.15) is 12.4 Å². The zero-order valence-corrected chi connectivity index (χ0v) is 19.3. The van der Waals surface area contributed by atoms with Crippen molar-refractivity contribution in [1.29, 1.82) is 0 Å². The highest BCUT2D eigenvalue weighted by Gasteiger charge is 2.07. The van der Waals surface area contributed by atoms with Gasteiger partial charge in [0.25, 0.3) is 0 Å². The molecule has 0 spiro atoms. The van der Waals surface area contributed by atoms with Gasteiger partial charge in [-0.1, -0.05) is 18.2 Å². The molecule has 7 nitrogen and oxygen atoms in total. The number of aryl methyl sites for hydroxylation is 1. The van der Waals surface area contributed by atoms with E-state index in [1.807, 2.05) is 25.1 Å². The minimum absolute atomic E-state index is 0.530. The molecule has 0 saturated carbocycles. The quantitative estimate of drug-likeness (QED) is 0.306. The van der Waals surface area contributed by atoms with E-state index >= 15 is 0 Å². The molecule has 0 aliphatic carbocycles. The number of nitrogens with one attached hydrogen (secondary N) is 2. The van der Waals surface area contributed by atoms with E-state index in [-0.39, 0.29) is 0 Å². The van der Waals surface area contributed by atoms with Crippen molar-refractivity contribution in [1.82, 2.24) is 10.6 Å². The molecule has 0 atom stereocenters. The van der Waals surface area contributed by atoms with E-state index in [2.05, 4.69) is 40.7 Å². The lowest BCUT2D eigenvalue weighted by Gasteiger charge is -2.16. The molecule has 0 aliphatic rings. The Bertz CT molecular complexity index is 840. The van der Waals surface area contributed by atoms with E-state index in [0.29, 0.717) is 26.4 Å². The predicted molar refractivity (Wildman–Crippen MR) is 125 cm³/mol. The Kier molecular flexibility index (Phi) is 10.5. The third-order valence-electron chi connectivity index (χ3n) is 4.74. The SMILES string of the molecule is CCOCCOc1cc(C)ccc1CNC(=NC)NCCc1ccc(OC)c(OC)c1. The molecule has 0 amide bonds. The number of nitrogens with zero attached hydrogens (tertiary/aromatic N) is 1. The fourth-order valence-corrected chi connectivity index (χ4v) is 3.06. The van der Waals surface area contributed by atoms with Crippen LogP contribution in [0.25, 0.3) is 0 Å². The van der Waals surface area contributed by atoms with E-state index in [1.54, 1.807) is 21.3 Å². The Morgan fingerprint density at radius 3 is 2.45 bits per heavy atom. The topological polar surface area (TPSA) is 73.3 Å². The van der Waals surface area contributed by atoms with E-state index < -0.39 is 0 Å². The van der Waals surface area contributed by atoms with Crippen molar-refractivity contribution in [2.75, 3.05) is 47.6 Å². The molecule has 0 unspecified atom stereocenters. The Morgan fingerprint density at radius 2 is 1.74 bits per heavy atom. The van der Waals surface area contributed by atoms with Crippen LogP contribution < -0.4 is 24.8 Å². The van der Waals surface area contributed by atoms with Crippen LogP contribution in [0.15, 0.2) is 41.4 Å². The minimum Gasteiger partial charge on any atom is -0.493 e.